The van der Waals surface area contributed by atoms with E-state index in [1.807, 2.05) is 0 Å². The summed E-state index contributed by atoms with van der Waals surface area (Å²) in [6, 6.07) is 2.39. The third kappa shape index (κ3) is 8.70. The Morgan fingerprint density at radius 1 is 0.732 bits per heavy atom. The molecule has 1 aliphatic carbocycles. The van der Waals surface area contributed by atoms with Crippen molar-refractivity contribution in [1.29, 1.82) is 0 Å². The van der Waals surface area contributed by atoms with Gasteiger partial charge in [-0.2, -0.15) is 0 Å². The number of benzene rings is 1. The molecule has 5 aliphatic rings. The van der Waals surface area contributed by atoms with Gasteiger partial charge in [-0.25, -0.2) is 0 Å². The summed E-state index contributed by atoms with van der Waals surface area (Å²) in [5.74, 6) is -1.92. The molecule has 0 saturated carbocycles. The molecule has 0 radical (unpaired) electrons. The lowest BCUT2D eigenvalue weighted by Crippen LogP contribution is -2.61. The molecule has 0 amide bonds. The molecule has 17 atom stereocenters. The van der Waals surface area contributed by atoms with E-state index in [-0.39, 0.29) is 29.9 Å². The van der Waals surface area contributed by atoms with Gasteiger partial charge >= 0.3 is 0 Å². The van der Waals surface area contributed by atoms with Crippen molar-refractivity contribution in [2.45, 2.75) is 118 Å². The molecule has 4 heterocycles. The summed E-state index contributed by atoms with van der Waals surface area (Å²) in [6.45, 7) is -0.506. The Labute approximate surface area is 320 Å². The van der Waals surface area contributed by atoms with E-state index < -0.39 is 142 Å². The highest BCUT2D eigenvalue weighted by Crippen LogP contribution is 2.42. The molecule has 10 unspecified atom stereocenters. The van der Waals surface area contributed by atoms with Crippen molar-refractivity contribution in [2.24, 2.45) is 5.92 Å². The van der Waals surface area contributed by atoms with E-state index in [4.69, 9.17) is 37.9 Å². The summed E-state index contributed by atoms with van der Waals surface area (Å²) in [6.07, 6.45) is -19.3. The minimum atomic E-state index is -1.79. The van der Waals surface area contributed by atoms with Crippen LogP contribution in [0.3, 0.4) is 0 Å². The minimum Gasteiger partial charge on any atom is -0.507 e. The molecule has 0 aromatic heterocycles. The van der Waals surface area contributed by atoms with Crippen LogP contribution in [0.1, 0.15) is 30.1 Å². The van der Waals surface area contributed by atoms with Crippen LogP contribution >= 0.6 is 0 Å². The molecule has 20 nitrogen and oxygen atoms in total. The van der Waals surface area contributed by atoms with Gasteiger partial charge < -0.3 is 94.1 Å². The first-order valence-corrected chi connectivity index (χ1v) is 18.2. The molecular weight excluding hydrogens is 752 g/mol. The van der Waals surface area contributed by atoms with Crippen LogP contribution in [0.2, 0.25) is 0 Å². The number of aliphatic hydroxyl groups is 10. The van der Waals surface area contributed by atoms with Gasteiger partial charge in [0.2, 0.25) is 6.29 Å². The number of rotatable bonds is 12. The number of allylic oxidation sites excluding steroid dienone is 2. The van der Waals surface area contributed by atoms with Gasteiger partial charge in [0.1, 0.15) is 95.7 Å². The number of aromatic hydroxyl groups is 1. The second-order valence-electron chi connectivity index (χ2n) is 14.5. The maximum absolute atomic E-state index is 13.1. The van der Waals surface area contributed by atoms with Crippen LogP contribution in [-0.2, 0) is 28.4 Å². The maximum Gasteiger partial charge on any atom is 0.229 e. The van der Waals surface area contributed by atoms with Crippen LogP contribution in [0.4, 0.5) is 0 Å². The smallest absolute Gasteiger partial charge is 0.229 e. The highest BCUT2D eigenvalue weighted by Gasteiger charge is 2.49. The Morgan fingerprint density at radius 3 is 2.12 bits per heavy atom. The number of ether oxygens (including phenoxy) is 8. The van der Waals surface area contributed by atoms with Gasteiger partial charge in [-0.3, -0.25) is 4.79 Å². The monoisotopic (exact) mass is 802 g/mol. The number of carbonyl (C=O) groups is 1. The number of carbonyl (C=O) groups excluding carboxylic acids is 1. The molecule has 0 spiro atoms. The standard InChI is InChI=1S/C36H50O20/c1-13-27(41)31(45)34(48)35(52-13)51-12-24-16(10-50-11-25-30(44)32(46)29(43)23(9-37)55-25)28(42)33(47)36(56-24)53-15-6-18(39)26-19(40)8-21(54-22(26)7-15)14-3-4-20(49-2)17(38)5-14/h3-4,6-7,13,16-17,21,23-25,27-39,41-48H,5,8-12H2,1-2H3/t13?,16-,17?,21?,23?,24?,25-,27+,28?,29-,30-,31?,32?,33?,34?,35-,36-/m1/s1. The Bertz CT molecular complexity index is 1590. The largest absolute Gasteiger partial charge is 0.507 e. The predicted molar refractivity (Wildman–Crippen MR) is 183 cm³/mol. The van der Waals surface area contributed by atoms with Crippen LogP contribution in [0.15, 0.2) is 35.6 Å². The second-order valence-corrected chi connectivity index (χ2v) is 14.5. The highest BCUT2D eigenvalue weighted by molar-refractivity contribution is 6.03. The van der Waals surface area contributed by atoms with Gasteiger partial charge in [-0.1, -0.05) is 6.08 Å². The molecule has 0 bridgehead atoms. The van der Waals surface area contributed by atoms with Crippen molar-refractivity contribution < 1.29 is 98.9 Å². The lowest BCUT2D eigenvalue weighted by atomic mass is 9.89. The number of hydrogen-bond acceptors (Lipinski definition) is 20. The van der Waals surface area contributed by atoms with Gasteiger partial charge in [0.25, 0.3) is 0 Å². The first kappa shape index (κ1) is 42.6. The lowest BCUT2D eigenvalue weighted by molar-refractivity contribution is -0.316. The van der Waals surface area contributed by atoms with E-state index in [0.717, 1.165) is 6.07 Å². The van der Waals surface area contributed by atoms with Gasteiger partial charge in [-0.05, 0) is 18.6 Å². The van der Waals surface area contributed by atoms with E-state index in [2.05, 4.69) is 0 Å². The number of Topliss-reactive ketones (excluding diaryl/α,β-unsaturated/α-hetero) is 1. The summed E-state index contributed by atoms with van der Waals surface area (Å²) < 4.78 is 45.6. The van der Waals surface area contributed by atoms with E-state index in [9.17, 15) is 61.0 Å². The number of methoxy groups -OCH3 is 1. The average molecular weight is 803 g/mol. The Morgan fingerprint density at radius 2 is 1.43 bits per heavy atom. The number of ketones is 1. The Balaban J connectivity index is 1.18. The van der Waals surface area contributed by atoms with Gasteiger partial charge in [-0.15, -0.1) is 0 Å². The van der Waals surface area contributed by atoms with E-state index in [0.29, 0.717) is 11.3 Å². The summed E-state index contributed by atoms with van der Waals surface area (Å²) in [4.78, 5) is 13.1. The molecule has 1 aromatic carbocycles. The van der Waals surface area contributed by atoms with Gasteiger partial charge in [0, 0.05) is 24.5 Å². The summed E-state index contributed by atoms with van der Waals surface area (Å²) >= 11 is 0. The fourth-order valence-corrected chi connectivity index (χ4v) is 7.39. The molecule has 20 heteroatoms. The van der Waals surface area contributed by atoms with Crippen molar-refractivity contribution in [1.82, 2.24) is 0 Å². The fraction of sp³-hybridized carbons (Fsp3) is 0.694. The van der Waals surface area contributed by atoms with Crippen molar-refractivity contribution in [3.8, 4) is 17.2 Å². The molecule has 6 rings (SSSR count). The average Bonchev–Trinajstić information content (AvgIpc) is 3.17. The summed E-state index contributed by atoms with van der Waals surface area (Å²) in [7, 11) is 1.42. The quantitative estimate of drug-likeness (QED) is 0.0962. The summed E-state index contributed by atoms with van der Waals surface area (Å²) in [5, 5.41) is 115. The Hall–Kier alpha value is -3.03. The van der Waals surface area contributed by atoms with Crippen molar-refractivity contribution >= 4 is 5.78 Å². The number of fused-ring (bicyclic) bond motifs is 1. The molecule has 4 aliphatic heterocycles. The van der Waals surface area contributed by atoms with Crippen molar-refractivity contribution in [2.75, 3.05) is 33.5 Å². The zero-order valence-electron chi connectivity index (χ0n) is 30.5. The topological polar surface area (TPSA) is 313 Å². The normalized spacial score (nSPS) is 41.6. The molecule has 3 fully saturated rings. The van der Waals surface area contributed by atoms with E-state index >= 15 is 0 Å². The van der Waals surface area contributed by atoms with Crippen LogP contribution in [0, 0.1) is 5.92 Å². The lowest BCUT2D eigenvalue weighted by Gasteiger charge is -2.44. The SMILES string of the molecule is COC1=CC=C(C2CC(=O)c3c(O)cc(O[C@@H]4OC(CO[C@@H]5OC(C)[C@H](O)C(O)C5O)[C@@H](COC[C@H]5OC(CO)[C@@H](O)C(O)[C@@H]5O)C(O)C4O)cc3O2)CC1O. The maximum atomic E-state index is 13.1. The molecular formula is C36H50O20. The van der Waals surface area contributed by atoms with Crippen molar-refractivity contribution in [3.63, 3.8) is 0 Å². The van der Waals surface area contributed by atoms with Crippen molar-refractivity contribution in [3.05, 3.63) is 41.2 Å². The molecule has 1 aromatic rings. The fourth-order valence-electron chi connectivity index (χ4n) is 7.39. The number of phenols is 1. The molecule has 314 valence electrons. The van der Waals surface area contributed by atoms with Crippen LogP contribution in [0.25, 0.3) is 0 Å². The van der Waals surface area contributed by atoms with Crippen LogP contribution < -0.4 is 9.47 Å². The predicted octanol–water partition coefficient (Wildman–Crippen LogP) is -3.91. The highest BCUT2D eigenvalue weighted by atomic mass is 16.7. The van der Waals surface area contributed by atoms with Crippen LogP contribution in [0.5, 0.6) is 17.2 Å². The van der Waals surface area contributed by atoms with Gasteiger partial charge in [0.15, 0.2) is 12.1 Å². The van der Waals surface area contributed by atoms with E-state index in [1.54, 1.807) is 12.2 Å². The number of aliphatic hydroxyl groups excluding tert-OH is 10. The number of hydrogen-bond donors (Lipinski definition) is 11. The number of phenolic OH excluding ortho intramolecular Hbond substituents is 1. The molecule has 11 N–H and O–H groups in total. The zero-order chi connectivity index (χ0) is 40.6. The second kappa shape index (κ2) is 17.9. The van der Waals surface area contributed by atoms with Gasteiger partial charge in [0.05, 0.1) is 58.3 Å². The molecule has 56 heavy (non-hydrogen) atoms. The first-order valence-electron chi connectivity index (χ1n) is 18.2. The molecule has 3 saturated heterocycles. The third-order valence-corrected chi connectivity index (χ3v) is 10.8. The van der Waals surface area contributed by atoms with E-state index in [1.165, 1.54) is 20.1 Å². The third-order valence-electron chi connectivity index (χ3n) is 10.8. The summed E-state index contributed by atoms with van der Waals surface area (Å²) in [5.41, 5.74) is 0.489. The Kier molecular flexibility index (Phi) is 13.6. The first-order chi connectivity index (χ1) is 26.6. The van der Waals surface area contributed by atoms with Crippen LogP contribution in [-0.4, -0.2) is 194 Å². The minimum absolute atomic E-state index is 0.0540. The zero-order valence-corrected chi connectivity index (χ0v) is 30.5.